The first-order chi connectivity index (χ1) is 6.65. The van der Waals surface area contributed by atoms with Gasteiger partial charge in [-0.05, 0) is 32.6 Å². The molecule has 1 aliphatic carbocycles. The molecule has 78 valence electrons. The van der Waals surface area contributed by atoms with Gasteiger partial charge >= 0.3 is 4.36 Å². The normalized spacial score (nSPS) is 17.0. The Morgan fingerprint density at radius 1 is 1.43 bits per heavy atom. The highest BCUT2D eigenvalue weighted by atomic mass is 79.9. The third-order valence-corrected chi connectivity index (χ3v) is 3.82. The second kappa shape index (κ2) is 6.17. The molecule has 0 bridgehead atoms. The highest BCUT2D eigenvalue weighted by molar-refractivity contribution is 9.49. The van der Waals surface area contributed by atoms with Gasteiger partial charge < -0.3 is 0 Å². The number of unbranched alkanes of at least 4 members (excludes halogenated alkanes) is 1. The van der Waals surface area contributed by atoms with E-state index in [0.717, 1.165) is 12.8 Å². The van der Waals surface area contributed by atoms with Crippen LogP contribution in [0.4, 0.5) is 0 Å². The van der Waals surface area contributed by atoms with E-state index in [1.165, 1.54) is 24.8 Å². The maximum Gasteiger partial charge on any atom is 0.325 e. The Hall–Kier alpha value is 0.505. The zero-order valence-electron chi connectivity index (χ0n) is 8.95. The second-order valence-corrected chi connectivity index (χ2v) is 7.02. The summed E-state index contributed by atoms with van der Waals surface area (Å²) >= 11 is 7.25. The Morgan fingerprint density at radius 2 is 2.14 bits per heavy atom. The smallest absolute Gasteiger partial charge is 0.133 e. The van der Waals surface area contributed by atoms with E-state index in [0.29, 0.717) is 4.36 Å². The van der Waals surface area contributed by atoms with Crippen molar-refractivity contribution in [3.05, 3.63) is 22.7 Å². The van der Waals surface area contributed by atoms with E-state index in [4.69, 9.17) is 0 Å². The minimum atomic E-state index is 0.366. The predicted molar refractivity (Wildman–Crippen MR) is 73.2 cm³/mol. The minimum Gasteiger partial charge on any atom is -0.133 e. The SMILES string of the molecule is CCCCC1=C(B(Br)Br)CC(C)=CC1. The van der Waals surface area contributed by atoms with E-state index in [1.807, 2.05) is 0 Å². The fourth-order valence-corrected chi connectivity index (χ4v) is 2.78. The van der Waals surface area contributed by atoms with Crippen LogP contribution in [0.3, 0.4) is 0 Å². The number of allylic oxidation sites excluding steroid dienone is 4. The summed E-state index contributed by atoms with van der Waals surface area (Å²) in [6.45, 7) is 4.48. The molecule has 14 heavy (non-hydrogen) atoms. The topological polar surface area (TPSA) is 0 Å². The third-order valence-electron chi connectivity index (χ3n) is 2.72. The monoisotopic (exact) mass is 318 g/mol. The average molecular weight is 320 g/mol. The summed E-state index contributed by atoms with van der Waals surface area (Å²) in [5, 5.41) is 0. The number of hydrogen-bond acceptors (Lipinski definition) is 0. The summed E-state index contributed by atoms with van der Waals surface area (Å²) in [5.74, 6) is 0. The summed E-state index contributed by atoms with van der Waals surface area (Å²) in [6, 6.07) is 0. The van der Waals surface area contributed by atoms with Gasteiger partial charge in [-0.3, -0.25) is 0 Å². The number of hydrogen-bond donors (Lipinski definition) is 0. The molecule has 0 nitrogen and oxygen atoms in total. The molecule has 0 amide bonds. The van der Waals surface area contributed by atoms with Crippen LogP contribution in [0.25, 0.3) is 0 Å². The molecule has 0 aliphatic heterocycles. The van der Waals surface area contributed by atoms with E-state index in [1.54, 1.807) is 11.0 Å². The third kappa shape index (κ3) is 3.58. The predicted octanol–water partition coefficient (Wildman–Crippen LogP) is 5.03. The van der Waals surface area contributed by atoms with Crippen molar-refractivity contribution in [1.29, 1.82) is 0 Å². The number of rotatable bonds is 4. The van der Waals surface area contributed by atoms with Crippen LogP contribution in [0, 0.1) is 0 Å². The van der Waals surface area contributed by atoms with Crippen LogP contribution in [0.2, 0.25) is 0 Å². The molecule has 0 radical (unpaired) electrons. The molecule has 0 N–H and O–H groups in total. The van der Waals surface area contributed by atoms with E-state index < -0.39 is 0 Å². The van der Waals surface area contributed by atoms with Crippen molar-refractivity contribution in [3.8, 4) is 0 Å². The molecule has 1 aliphatic rings. The van der Waals surface area contributed by atoms with E-state index in [-0.39, 0.29) is 0 Å². The summed E-state index contributed by atoms with van der Waals surface area (Å²) in [5.41, 5.74) is 4.69. The van der Waals surface area contributed by atoms with Gasteiger partial charge in [-0.1, -0.05) is 36.0 Å². The van der Waals surface area contributed by atoms with Gasteiger partial charge in [0.2, 0.25) is 0 Å². The van der Waals surface area contributed by atoms with Gasteiger partial charge in [0.25, 0.3) is 0 Å². The lowest BCUT2D eigenvalue weighted by atomic mass is 9.78. The van der Waals surface area contributed by atoms with Gasteiger partial charge in [-0.25, -0.2) is 0 Å². The summed E-state index contributed by atoms with van der Waals surface area (Å²) in [7, 11) is 0. The molecular weight excluding hydrogens is 303 g/mol. The molecular formula is C11H17BBr2. The molecule has 0 saturated heterocycles. The van der Waals surface area contributed by atoms with Crippen LogP contribution in [0.5, 0.6) is 0 Å². The largest absolute Gasteiger partial charge is 0.325 e. The quantitative estimate of drug-likeness (QED) is 0.503. The fraction of sp³-hybridized carbons (Fsp3) is 0.636. The first-order valence-electron chi connectivity index (χ1n) is 5.29. The van der Waals surface area contributed by atoms with Crippen molar-refractivity contribution < 1.29 is 0 Å². The Kier molecular flexibility index (Phi) is 5.54. The molecule has 3 heteroatoms. The standard InChI is InChI=1S/C11H17BBr2/c1-3-4-5-10-7-6-9(2)8-11(10)12(13)14/h6H,3-5,7-8H2,1-2H3. The lowest BCUT2D eigenvalue weighted by molar-refractivity contribution is 0.763. The maximum absolute atomic E-state index is 3.63. The molecule has 0 atom stereocenters. The van der Waals surface area contributed by atoms with Crippen molar-refractivity contribution in [3.63, 3.8) is 0 Å². The molecule has 0 aromatic carbocycles. The van der Waals surface area contributed by atoms with Gasteiger partial charge in [0.15, 0.2) is 0 Å². The number of halogens is 2. The van der Waals surface area contributed by atoms with Crippen LogP contribution in [0.15, 0.2) is 22.7 Å². The lowest BCUT2D eigenvalue weighted by Crippen LogP contribution is -2.08. The fourth-order valence-electron chi connectivity index (χ4n) is 1.81. The van der Waals surface area contributed by atoms with Crippen LogP contribution in [-0.4, -0.2) is 4.36 Å². The second-order valence-electron chi connectivity index (χ2n) is 3.96. The van der Waals surface area contributed by atoms with Crippen LogP contribution < -0.4 is 0 Å². The Balaban J connectivity index is 2.69. The summed E-state index contributed by atoms with van der Waals surface area (Å²) in [4.78, 5) is 0. The molecule has 0 aromatic rings. The van der Waals surface area contributed by atoms with E-state index >= 15 is 0 Å². The first kappa shape index (κ1) is 12.6. The molecule has 0 unspecified atom stereocenters. The zero-order chi connectivity index (χ0) is 10.6. The minimum absolute atomic E-state index is 0.366. The molecule has 1 rings (SSSR count). The van der Waals surface area contributed by atoms with Gasteiger partial charge in [0.05, 0.1) is 0 Å². The lowest BCUT2D eigenvalue weighted by Gasteiger charge is -2.19. The zero-order valence-corrected chi connectivity index (χ0v) is 12.1. The maximum atomic E-state index is 3.63. The Labute approximate surface area is 104 Å². The summed E-state index contributed by atoms with van der Waals surface area (Å²) in [6.07, 6.45) is 8.54. The average Bonchev–Trinajstić information content (AvgIpc) is 2.15. The molecule has 0 saturated carbocycles. The highest BCUT2D eigenvalue weighted by Gasteiger charge is 2.19. The van der Waals surface area contributed by atoms with Crippen LogP contribution in [-0.2, 0) is 0 Å². The Morgan fingerprint density at radius 3 is 2.71 bits per heavy atom. The van der Waals surface area contributed by atoms with Gasteiger partial charge in [0, 0.05) is 0 Å². The highest BCUT2D eigenvalue weighted by Crippen LogP contribution is 2.32. The Bertz CT molecular complexity index is 254. The van der Waals surface area contributed by atoms with E-state index in [2.05, 4.69) is 51.4 Å². The van der Waals surface area contributed by atoms with Crippen molar-refractivity contribution >= 4 is 35.9 Å². The van der Waals surface area contributed by atoms with E-state index in [9.17, 15) is 0 Å². The summed E-state index contributed by atoms with van der Waals surface area (Å²) < 4.78 is 0.366. The van der Waals surface area contributed by atoms with Crippen molar-refractivity contribution in [1.82, 2.24) is 0 Å². The van der Waals surface area contributed by atoms with Crippen molar-refractivity contribution in [2.45, 2.75) is 46.0 Å². The van der Waals surface area contributed by atoms with Crippen molar-refractivity contribution in [2.24, 2.45) is 0 Å². The molecule has 0 fully saturated rings. The first-order valence-corrected chi connectivity index (χ1v) is 7.12. The van der Waals surface area contributed by atoms with Crippen LogP contribution >= 0.6 is 31.5 Å². The molecule has 0 spiro atoms. The van der Waals surface area contributed by atoms with Gasteiger partial charge in [0.1, 0.15) is 0 Å². The van der Waals surface area contributed by atoms with Crippen LogP contribution in [0.1, 0.15) is 46.0 Å². The van der Waals surface area contributed by atoms with Crippen molar-refractivity contribution in [2.75, 3.05) is 0 Å². The van der Waals surface area contributed by atoms with Gasteiger partial charge in [-0.15, -0.1) is 31.5 Å². The van der Waals surface area contributed by atoms with Gasteiger partial charge in [-0.2, -0.15) is 0 Å². The molecule has 0 heterocycles. The molecule has 0 aromatic heterocycles.